The van der Waals surface area contributed by atoms with Gasteiger partial charge < -0.3 is 10.0 Å². The van der Waals surface area contributed by atoms with E-state index in [9.17, 15) is 5.11 Å². The fourth-order valence-electron chi connectivity index (χ4n) is 1.62. The molecule has 0 amide bonds. The number of nitrogens with zero attached hydrogens (tertiary/aromatic N) is 1. The van der Waals surface area contributed by atoms with Gasteiger partial charge in [0, 0.05) is 22.2 Å². The van der Waals surface area contributed by atoms with E-state index in [-0.39, 0.29) is 6.61 Å². The van der Waals surface area contributed by atoms with Crippen LogP contribution in [0.1, 0.15) is 19.4 Å². The van der Waals surface area contributed by atoms with Crippen LogP contribution in [0.3, 0.4) is 0 Å². The molecule has 0 bridgehead atoms. The van der Waals surface area contributed by atoms with Crippen LogP contribution in [-0.4, -0.2) is 35.4 Å². The average molecular weight is 274 g/mol. The first-order valence-corrected chi connectivity index (χ1v) is 7.32. The van der Waals surface area contributed by atoms with E-state index in [1.165, 1.54) is 0 Å². The molecule has 0 atom stereocenters. The van der Waals surface area contributed by atoms with Gasteiger partial charge in [-0.1, -0.05) is 31.5 Å². The predicted molar refractivity (Wildman–Crippen MR) is 75.9 cm³/mol. The van der Waals surface area contributed by atoms with E-state index in [4.69, 9.17) is 11.6 Å². The Labute approximate surface area is 113 Å². The van der Waals surface area contributed by atoms with Gasteiger partial charge >= 0.3 is 0 Å². The third-order valence-electron chi connectivity index (χ3n) is 2.76. The second kappa shape index (κ2) is 7.98. The molecular formula is C13H20ClNOS. The number of rotatable bonds is 7. The molecule has 96 valence electrons. The van der Waals surface area contributed by atoms with Crippen molar-refractivity contribution in [2.24, 2.45) is 0 Å². The normalized spacial score (nSPS) is 11.1. The van der Waals surface area contributed by atoms with Crippen molar-refractivity contribution >= 4 is 23.4 Å². The summed E-state index contributed by atoms with van der Waals surface area (Å²) in [7, 11) is 0. The summed E-state index contributed by atoms with van der Waals surface area (Å²) < 4.78 is 0. The lowest BCUT2D eigenvalue weighted by Gasteiger charge is -2.17. The SMILES string of the molecule is CCN(CC)CCSc1cc(Cl)ccc1CO. The van der Waals surface area contributed by atoms with Crippen molar-refractivity contribution in [1.29, 1.82) is 0 Å². The zero-order chi connectivity index (χ0) is 12.7. The van der Waals surface area contributed by atoms with Crippen molar-refractivity contribution in [2.75, 3.05) is 25.4 Å². The molecule has 0 saturated carbocycles. The molecule has 2 nitrogen and oxygen atoms in total. The van der Waals surface area contributed by atoms with Crippen LogP contribution >= 0.6 is 23.4 Å². The Kier molecular flexibility index (Phi) is 6.97. The first kappa shape index (κ1) is 14.8. The third-order valence-corrected chi connectivity index (χ3v) is 4.07. The number of benzene rings is 1. The molecule has 1 aromatic rings. The van der Waals surface area contributed by atoms with Gasteiger partial charge in [0.15, 0.2) is 0 Å². The number of halogens is 1. The number of hydrogen-bond donors (Lipinski definition) is 1. The Morgan fingerprint density at radius 3 is 2.59 bits per heavy atom. The van der Waals surface area contributed by atoms with E-state index in [2.05, 4.69) is 18.7 Å². The van der Waals surface area contributed by atoms with Gasteiger partial charge in [-0.2, -0.15) is 0 Å². The van der Waals surface area contributed by atoms with Crippen LogP contribution < -0.4 is 0 Å². The number of hydrogen-bond acceptors (Lipinski definition) is 3. The van der Waals surface area contributed by atoms with Gasteiger partial charge in [-0.25, -0.2) is 0 Å². The highest BCUT2D eigenvalue weighted by molar-refractivity contribution is 7.99. The van der Waals surface area contributed by atoms with Crippen LogP contribution in [0, 0.1) is 0 Å². The lowest BCUT2D eigenvalue weighted by Crippen LogP contribution is -2.25. The minimum atomic E-state index is 0.0742. The van der Waals surface area contributed by atoms with Gasteiger partial charge in [-0.05, 0) is 30.8 Å². The van der Waals surface area contributed by atoms with Gasteiger partial charge in [-0.15, -0.1) is 11.8 Å². The van der Waals surface area contributed by atoms with E-state index >= 15 is 0 Å². The molecule has 0 fully saturated rings. The first-order valence-electron chi connectivity index (χ1n) is 5.95. The molecule has 0 aliphatic heterocycles. The van der Waals surface area contributed by atoms with Gasteiger partial charge in [0.1, 0.15) is 0 Å². The molecule has 0 heterocycles. The van der Waals surface area contributed by atoms with Crippen LogP contribution in [0.25, 0.3) is 0 Å². The molecule has 0 aromatic heterocycles. The second-order valence-electron chi connectivity index (χ2n) is 3.79. The topological polar surface area (TPSA) is 23.5 Å². The quantitative estimate of drug-likeness (QED) is 0.772. The van der Waals surface area contributed by atoms with Crippen molar-refractivity contribution in [2.45, 2.75) is 25.3 Å². The third kappa shape index (κ3) is 4.88. The van der Waals surface area contributed by atoms with Crippen LogP contribution in [0.5, 0.6) is 0 Å². The number of aliphatic hydroxyl groups excluding tert-OH is 1. The number of thioether (sulfide) groups is 1. The molecule has 0 aliphatic carbocycles. The summed E-state index contributed by atoms with van der Waals surface area (Å²) in [4.78, 5) is 3.48. The van der Waals surface area contributed by atoms with Crippen LogP contribution in [0.4, 0.5) is 0 Å². The average Bonchev–Trinajstić information content (AvgIpc) is 2.35. The van der Waals surface area contributed by atoms with Gasteiger partial charge in [0.2, 0.25) is 0 Å². The molecule has 0 radical (unpaired) electrons. The fourth-order valence-corrected chi connectivity index (χ4v) is 2.95. The molecule has 0 saturated heterocycles. The maximum absolute atomic E-state index is 9.24. The summed E-state index contributed by atoms with van der Waals surface area (Å²) in [6, 6.07) is 5.64. The molecule has 0 spiro atoms. The van der Waals surface area contributed by atoms with Crippen LogP contribution in [-0.2, 0) is 6.61 Å². The highest BCUT2D eigenvalue weighted by Gasteiger charge is 2.05. The molecule has 17 heavy (non-hydrogen) atoms. The number of aliphatic hydroxyl groups is 1. The van der Waals surface area contributed by atoms with E-state index in [1.807, 2.05) is 18.2 Å². The smallest absolute Gasteiger partial charge is 0.0692 e. The van der Waals surface area contributed by atoms with Crippen molar-refractivity contribution in [3.63, 3.8) is 0 Å². The Bertz CT molecular complexity index is 342. The summed E-state index contributed by atoms with van der Waals surface area (Å²) in [5, 5.41) is 9.97. The van der Waals surface area contributed by atoms with Crippen molar-refractivity contribution < 1.29 is 5.11 Å². The van der Waals surface area contributed by atoms with Gasteiger partial charge in [-0.3, -0.25) is 0 Å². The van der Waals surface area contributed by atoms with Crippen molar-refractivity contribution in [3.05, 3.63) is 28.8 Å². The van der Waals surface area contributed by atoms with E-state index in [0.717, 1.165) is 40.9 Å². The van der Waals surface area contributed by atoms with E-state index in [0.29, 0.717) is 0 Å². The summed E-state index contributed by atoms with van der Waals surface area (Å²) in [6.07, 6.45) is 0. The second-order valence-corrected chi connectivity index (χ2v) is 5.36. The zero-order valence-corrected chi connectivity index (χ0v) is 12.0. The highest BCUT2D eigenvalue weighted by Crippen LogP contribution is 2.26. The molecule has 1 N–H and O–H groups in total. The Balaban J connectivity index is 2.53. The van der Waals surface area contributed by atoms with Crippen molar-refractivity contribution in [1.82, 2.24) is 4.90 Å². The Morgan fingerprint density at radius 1 is 1.29 bits per heavy atom. The van der Waals surface area contributed by atoms with Crippen LogP contribution in [0.15, 0.2) is 23.1 Å². The minimum Gasteiger partial charge on any atom is -0.392 e. The molecule has 1 rings (SSSR count). The van der Waals surface area contributed by atoms with Gasteiger partial charge in [0.25, 0.3) is 0 Å². The lowest BCUT2D eigenvalue weighted by molar-refractivity contribution is 0.279. The fraction of sp³-hybridized carbons (Fsp3) is 0.538. The zero-order valence-electron chi connectivity index (χ0n) is 10.4. The summed E-state index contributed by atoms with van der Waals surface area (Å²) in [6.45, 7) is 7.65. The summed E-state index contributed by atoms with van der Waals surface area (Å²) in [5.41, 5.74) is 0.957. The Morgan fingerprint density at radius 2 is 2.00 bits per heavy atom. The van der Waals surface area contributed by atoms with Crippen LogP contribution in [0.2, 0.25) is 5.02 Å². The summed E-state index contributed by atoms with van der Waals surface area (Å²) in [5.74, 6) is 1.02. The molecule has 0 aliphatic rings. The molecule has 0 unspecified atom stereocenters. The molecule has 4 heteroatoms. The highest BCUT2D eigenvalue weighted by atomic mass is 35.5. The Hall–Kier alpha value is -0.220. The minimum absolute atomic E-state index is 0.0742. The maximum atomic E-state index is 9.24. The molecular weight excluding hydrogens is 254 g/mol. The van der Waals surface area contributed by atoms with E-state index < -0.39 is 0 Å². The molecule has 1 aromatic carbocycles. The summed E-state index contributed by atoms with van der Waals surface area (Å²) >= 11 is 7.72. The predicted octanol–water partition coefficient (Wildman–Crippen LogP) is 3.27. The standard InChI is InChI=1S/C13H20ClNOS/c1-3-15(4-2)7-8-17-13-9-12(14)6-5-11(13)10-16/h5-6,9,16H,3-4,7-8,10H2,1-2H3. The van der Waals surface area contributed by atoms with Crippen molar-refractivity contribution in [3.8, 4) is 0 Å². The first-order chi connectivity index (χ1) is 8.21. The lowest BCUT2D eigenvalue weighted by atomic mass is 10.2. The largest absolute Gasteiger partial charge is 0.392 e. The van der Waals surface area contributed by atoms with E-state index in [1.54, 1.807) is 11.8 Å². The maximum Gasteiger partial charge on any atom is 0.0692 e. The van der Waals surface area contributed by atoms with Gasteiger partial charge in [0.05, 0.1) is 6.61 Å². The monoisotopic (exact) mass is 273 g/mol.